The molecule has 1 aliphatic heterocycles. The van der Waals surface area contributed by atoms with E-state index in [1.54, 1.807) is 23.1 Å². The normalized spacial score (nSPS) is 13.8. The molecule has 0 saturated heterocycles. The first kappa shape index (κ1) is 16.9. The number of nitrogens with zero attached hydrogens (tertiary/aromatic N) is 2. The van der Waals surface area contributed by atoms with Crippen LogP contribution in [0.4, 0.5) is 14.9 Å². The van der Waals surface area contributed by atoms with Crippen LogP contribution in [0, 0.1) is 12.7 Å². The second-order valence-corrected chi connectivity index (χ2v) is 7.12. The van der Waals surface area contributed by atoms with E-state index in [0.717, 1.165) is 34.1 Å². The lowest BCUT2D eigenvalue weighted by Crippen LogP contribution is -2.39. The molecule has 26 heavy (non-hydrogen) atoms. The van der Waals surface area contributed by atoms with Gasteiger partial charge < -0.3 is 14.8 Å². The van der Waals surface area contributed by atoms with Crippen LogP contribution in [0.15, 0.2) is 36.4 Å². The van der Waals surface area contributed by atoms with E-state index in [0.29, 0.717) is 23.8 Å². The Labute approximate surface area is 156 Å². The minimum atomic E-state index is -0.262. The molecule has 1 aromatic heterocycles. The number of urea groups is 1. The van der Waals surface area contributed by atoms with Gasteiger partial charge in [-0.25, -0.2) is 9.18 Å². The van der Waals surface area contributed by atoms with Gasteiger partial charge in [0.1, 0.15) is 5.82 Å². The van der Waals surface area contributed by atoms with E-state index in [1.807, 2.05) is 26.1 Å². The molecule has 2 amide bonds. The van der Waals surface area contributed by atoms with Crippen molar-refractivity contribution >= 4 is 34.2 Å². The zero-order valence-electron chi connectivity index (χ0n) is 14.6. The fourth-order valence-electron chi connectivity index (χ4n) is 3.60. The van der Waals surface area contributed by atoms with Gasteiger partial charge in [0.05, 0.1) is 0 Å². The van der Waals surface area contributed by atoms with Crippen LogP contribution in [0.2, 0.25) is 5.02 Å². The molecule has 134 valence electrons. The number of nitrogens with one attached hydrogen (secondary N) is 1. The van der Waals surface area contributed by atoms with E-state index in [-0.39, 0.29) is 11.8 Å². The van der Waals surface area contributed by atoms with Crippen molar-refractivity contribution in [3.63, 3.8) is 0 Å². The third-order valence-electron chi connectivity index (χ3n) is 5.08. The largest absolute Gasteiger partial charge is 0.347 e. The average molecular weight is 372 g/mol. The Morgan fingerprint density at radius 2 is 2.04 bits per heavy atom. The van der Waals surface area contributed by atoms with Gasteiger partial charge in [-0.3, -0.25) is 0 Å². The minimum absolute atomic E-state index is 0.177. The predicted molar refractivity (Wildman–Crippen MR) is 102 cm³/mol. The van der Waals surface area contributed by atoms with Crippen molar-refractivity contribution < 1.29 is 9.18 Å². The maximum atomic E-state index is 13.7. The van der Waals surface area contributed by atoms with Crippen molar-refractivity contribution in [1.82, 2.24) is 9.47 Å². The number of rotatable bonds is 1. The van der Waals surface area contributed by atoms with Crippen LogP contribution in [0.1, 0.15) is 16.8 Å². The van der Waals surface area contributed by atoms with Crippen LogP contribution < -0.4 is 5.32 Å². The van der Waals surface area contributed by atoms with E-state index in [4.69, 9.17) is 11.6 Å². The highest BCUT2D eigenvalue weighted by Crippen LogP contribution is 2.31. The summed E-state index contributed by atoms with van der Waals surface area (Å²) in [6.45, 7) is 2.99. The summed E-state index contributed by atoms with van der Waals surface area (Å²) in [6, 6.07) is 10.1. The third kappa shape index (κ3) is 2.82. The van der Waals surface area contributed by atoms with Gasteiger partial charge in [-0.05, 0) is 42.8 Å². The minimum Gasteiger partial charge on any atom is -0.347 e. The number of halogens is 2. The van der Waals surface area contributed by atoms with Gasteiger partial charge in [0, 0.05) is 59.4 Å². The van der Waals surface area contributed by atoms with Gasteiger partial charge in [0.25, 0.3) is 0 Å². The molecule has 0 spiro atoms. The molecule has 0 radical (unpaired) electrons. The van der Waals surface area contributed by atoms with Crippen LogP contribution >= 0.6 is 11.6 Å². The van der Waals surface area contributed by atoms with Crippen molar-refractivity contribution in [2.75, 3.05) is 11.9 Å². The summed E-state index contributed by atoms with van der Waals surface area (Å²) in [5.41, 5.74) is 4.80. The number of fused-ring (bicyclic) bond motifs is 3. The Kier molecular flexibility index (Phi) is 4.11. The van der Waals surface area contributed by atoms with Crippen molar-refractivity contribution in [3.8, 4) is 0 Å². The summed E-state index contributed by atoms with van der Waals surface area (Å²) in [5.74, 6) is -0.262. The van der Waals surface area contributed by atoms with Crippen LogP contribution in [0.3, 0.4) is 0 Å². The summed E-state index contributed by atoms with van der Waals surface area (Å²) in [6.07, 6.45) is 0.740. The summed E-state index contributed by atoms with van der Waals surface area (Å²) >= 11 is 6.13. The second kappa shape index (κ2) is 6.32. The highest BCUT2D eigenvalue weighted by atomic mass is 35.5. The lowest BCUT2D eigenvalue weighted by Gasteiger charge is -2.28. The smallest absolute Gasteiger partial charge is 0.322 e. The molecule has 0 bridgehead atoms. The summed E-state index contributed by atoms with van der Waals surface area (Å²) < 4.78 is 15.8. The molecular weight excluding hydrogens is 353 g/mol. The van der Waals surface area contributed by atoms with Crippen LogP contribution in [0.5, 0.6) is 0 Å². The van der Waals surface area contributed by atoms with Gasteiger partial charge in [0.15, 0.2) is 0 Å². The number of hydrogen-bond acceptors (Lipinski definition) is 1. The fourth-order valence-corrected chi connectivity index (χ4v) is 3.78. The quantitative estimate of drug-likeness (QED) is 0.651. The van der Waals surface area contributed by atoms with Gasteiger partial charge in [0.2, 0.25) is 0 Å². The molecule has 4 rings (SSSR count). The van der Waals surface area contributed by atoms with Crippen molar-refractivity contribution in [3.05, 3.63) is 64.1 Å². The molecule has 1 N–H and O–H groups in total. The first-order valence-electron chi connectivity index (χ1n) is 8.52. The molecule has 0 atom stereocenters. The zero-order valence-corrected chi connectivity index (χ0v) is 15.4. The van der Waals surface area contributed by atoms with Gasteiger partial charge >= 0.3 is 6.03 Å². The topological polar surface area (TPSA) is 37.3 Å². The first-order valence-corrected chi connectivity index (χ1v) is 8.89. The number of anilines is 1. The number of carbonyl (C=O) groups is 1. The summed E-state index contributed by atoms with van der Waals surface area (Å²) in [7, 11) is 1.99. The molecular formula is C20H19ClFN3O. The standard InChI is InChI=1S/C20H19ClFN3O/c1-12-3-5-14(10-17(12)21)23-20(26)25-8-7-19-16(11-25)15-9-13(22)4-6-18(15)24(19)2/h3-6,9-10H,7-8,11H2,1-2H3,(H,23,26). The van der Waals surface area contributed by atoms with Gasteiger partial charge in [-0.2, -0.15) is 0 Å². The molecule has 4 nitrogen and oxygen atoms in total. The second-order valence-electron chi connectivity index (χ2n) is 6.71. The highest BCUT2D eigenvalue weighted by Gasteiger charge is 2.26. The Balaban J connectivity index is 1.60. The Morgan fingerprint density at radius 3 is 2.81 bits per heavy atom. The van der Waals surface area contributed by atoms with Gasteiger partial charge in [-0.1, -0.05) is 17.7 Å². The van der Waals surface area contributed by atoms with Crippen LogP contribution in [-0.4, -0.2) is 22.0 Å². The monoisotopic (exact) mass is 371 g/mol. The van der Waals surface area contributed by atoms with Crippen LogP contribution in [0.25, 0.3) is 10.9 Å². The molecule has 0 unspecified atom stereocenters. The van der Waals surface area contributed by atoms with E-state index >= 15 is 0 Å². The molecule has 0 saturated carbocycles. The molecule has 1 aliphatic rings. The molecule has 6 heteroatoms. The number of hydrogen-bond donors (Lipinski definition) is 1. The van der Waals surface area contributed by atoms with E-state index in [1.165, 1.54) is 6.07 Å². The molecule has 0 fully saturated rings. The van der Waals surface area contributed by atoms with Crippen LogP contribution in [-0.2, 0) is 20.0 Å². The van der Waals surface area contributed by atoms with E-state index < -0.39 is 0 Å². The maximum absolute atomic E-state index is 13.7. The fraction of sp³-hybridized carbons (Fsp3) is 0.250. The first-order chi connectivity index (χ1) is 12.4. The lowest BCUT2D eigenvalue weighted by molar-refractivity contribution is 0.206. The van der Waals surface area contributed by atoms with Gasteiger partial charge in [-0.15, -0.1) is 0 Å². The Bertz CT molecular complexity index is 1030. The maximum Gasteiger partial charge on any atom is 0.322 e. The third-order valence-corrected chi connectivity index (χ3v) is 5.48. The number of amides is 2. The number of carbonyl (C=O) groups excluding carboxylic acids is 1. The number of aromatic nitrogens is 1. The summed E-state index contributed by atoms with van der Waals surface area (Å²) in [4.78, 5) is 14.4. The zero-order chi connectivity index (χ0) is 18.4. The van der Waals surface area contributed by atoms with Crippen molar-refractivity contribution in [1.29, 1.82) is 0 Å². The Hall–Kier alpha value is -2.53. The molecule has 2 heterocycles. The average Bonchev–Trinajstić information content (AvgIpc) is 2.90. The molecule has 2 aromatic carbocycles. The number of aryl methyl sites for hydroxylation is 2. The van der Waals surface area contributed by atoms with E-state index in [2.05, 4.69) is 9.88 Å². The lowest BCUT2D eigenvalue weighted by atomic mass is 10.0. The highest BCUT2D eigenvalue weighted by molar-refractivity contribution is 6.31. The van der Waals surface area contributed by atoms with E-state index in [9.17, 15) is 9.18 Å². The van der Waals surface area contributed by atoms with Crippen molar-refractivity contribution in [2.45, 2.75) is 19.9 Å². The SMILES string of the molecule is Cc1ccc(NC(=O)N2CCc3c(c4cc(F)ccc4n3C)C2)cc1Cl. The summed E-state index contributed by atoms with van der Waals surface area (Å²) in [5, 5.41) is 4.39. The predicted octanol–water partition coefficient (Wildman–Crippen LogP) is 4.87. The number of benzene rings is 2. The molecule has 0 aliphatic carbocycles. The Morgan fingerprint density at radius 1 is 1.23 bits per heavy atom. The van der Waals surface area contributed by atoms with Crippen molar-refractivity contribution in [2.24, 2.45) is 7.05 Å². The molecule has 3 aromatic rings.